The number of amides is 1. The smallest absolute Gasteiger partial charge is 0.274 e. The number of aromatic nitrogens is 3. The van der Waals surface area contributed by atoms with Crippen molar-refractivity contribution in [3.63, 3.8) is 0 Å². The molecule has 2 aromatic rings. The number of hydrogen-bond acceptors (Lipinski definition) is 3. The molecule has 120 valence electrons. The van der Waals surface area contributed by atoms with Gasteiger partial charge in [-0.2, -0.15) is 0 Å². The van der Waals surface area contributed by atoms with E-state index >= 15 is 0 Å². The van der Waals surface area contributed by atoms with Gasteiger partial charge in [-0.1, -0.05) is 29.5 Å². The summed E-state index contributed by atoms with van der Waals surface area (Å²) in [6, 6.07) is 9.37. The summed E-state index contributed by atoms with van der Waals surface area (Å²) in [5, 5.41) is 7.74. The molecule has 1 aromatic carbocycles. The predicted octanol–water partition coefficient (Wildman–Crippen LogP) is 2.67. The van der Waals surface area contributed by atoms with E-state index in [4.69, 9.17) is 0 Å². The van der Waals surface area contributed by atoms with Gasteiger partial charge in [0.2, 0.25) is 0 Å². The third-order valence-electron chi connectivity index (χ3n) is 5.24. The second-order valence-corrected chi connectivity index (χ2v) is 6.87. The molecule has 0 bridgehead atoms. The molecule has 2 fully saturated rings. The highest BCUT2D eigenvalue weighted by Gasteiger charge is 2.44. The number of hydrogen-bond donors (Lipinski definition) is 0. The molecule has 1 heterocycles. The SMILES string of the molecule is Cc1ccccc1C1CC(N(C(=O)c2cnnn2C)C2CC2)C1. The van der Waals surface area contributed by atoms with Crippen LogP contribution in [0.3, 0.4) is 0 Å². The van der Waals surface area contributed by atoms with Crippen LogP contribution in [-0.4, -0.2) is 37.9 Å². The number of carbonyl (C=O) groups excluding carboxylic acids is 1. The summed E-state index contributed by atoms with van der Waals surface area (Å²) >= 11 is 0. The summed E-state index contributed by atoms with van der Waals surface area (Å²) in [6.45, 7) is 2.17. The molecule has 2 saturated carbocycles. The van der Waals surface area contributed by atoms with E-state index in [0.29, 0.717) is 23.7 Å². The summed E-state index contributed by atoms with van der Waals surface area (Å²) in [4.78, 5) is 15.0. The fourth-order valence-electron chi connectivity index (χ4n) is 3.71. The fourth-order valence-corrected chi connectivity index (χ4v) is 3.71. The molecular formula is C18H22N4O. The van der Waals surface area contributed by atoms with Crippen LogP contribution in [0.15, 0.2) is 30.5 Å². The maximum Gasteiger partial charge on any atom is 0.274 e. The lowest BCUT2D eigenvalue weighted by Crippen LogP contribution is -2.48. The third-order valence-corrected chi connectivity index (χ3v) is 5.24. The van der Waals surface area contributed by atoms with Crippen molar-refractivity contribution in [1.82, 2.24) is 19.9 Å². The van der Waals surface area contributed by atoms with E-state index in [1.54, 1.807) is 17.9 Å². The molecule has 0 unspecified atom stereocenters. The van der Waals surface area contributed by atoms with Gasteiger partial charge in [0.25, 0.3) is 5.91 Å². The molecule has 0 N–H and O–H groups in total. The largest absolute Gasteiger partial charge is 0.331 e. The van der Waals surface area contributed by atoms with E-state index in [0.717, 1.165) is 25.7 Å². The summed E-state index contributed by atoms with van der Waals surface area (Å²) in [5.74, 6) is 0.674. The van der Waals surface area contributed by atoms with Gasteiger partial charge in [0.05, 0.1) is 6.20 Å². The highest BCUT2D eigenvalue weighted by molar-refractivity contribution is 5.93. The van der Waals surface area contributed by atoms with Crippen LogP contribution in [0, 0.1) is 6.92 Å². The first-order valence-electron chi connectivity index (χ1n) is 8.38. The van der Waals surface area contributed by atoms with Crippen molar-refractivity contribution in [3.05, 3.63) is 47.3 Å². The van der Waals surface area contributed by atoms with Crippen LogP contribution in [0.5, 0.6) is 0 Å². The van der Waals surface area contributed by atoms with Crippen LogP contribution in [0.4, 0.5) is 0 Å². The molecule has 0 radical (unpaired) electrons. The maximum atomic E-state index is 12.9. The monoisotopic (exact) mass is 310 g/mol. The van der Waals surface area contributed by atoms with Crippen LogP contribution < -0.4 is 0 Å². The van der Waals surface area contributed by atoms with Gasteiger partial charge in [0, 0.05) is 19.1 Å². The second kappa shape index (κ2) is 5.48. The van der Waals surface area contributed by atoms with Gasteiger partial charge in [-0.05, 0) is 49.7 Å². The van der Waals surface area contributed by atoms with E-state index in [2.05, 4.69) is 46.4 Å². The Bertz CT molecular complexity index is 728. The zero-order valence-corrected chi connectivity index (χ0v) is 13.6. The molecular weight excluding hydrogens is 288 g/mol. The van der Waals surface area contributed by atoms with Crippen molar-refractivity contribution in [2.24, 2.45) is 7.05 Å². The average molecular weight is 310 g/mol. The molecule has 0 aliphatic heterocycles. The minimum absolute atomic E-state index is 0.0910. The topological polar surface area (TPSA) is 51.0 Å². The average Bonchev–Trinajstić information content (AvgIpc) is 3.24. The molecule has 0 saturated heterocycles. The summed E-state index contributed by atoms with van der Waals surface area (Å²) in [6.07, 6.45) is 5.97. The second-order valence-electron chi connectivity index (χ2n) is 6.87. The van der Waals surface area contributed by atoms with Gasteiger partial charge < -0.3 is 4.90 Å². The van der Waals surface area contributed by atoms with Crippen molar-refractivity contribution >= 4 is 5.91 Å². The highest BCUT2D eigenvalue weighted by Crippen LogP contribution is 2.44. The minimum atomic E-state index is 0.0910. The zero-order chi connectivity index (χ0) is 16.0. The van der Waals surface area contributed by atoms with Crippen LogP contribution in [-0.2, 0) is 7.05 Å². The molecule has 2 aliphatic rings. The van der Waals surface area contributed by atoms with Crippen LogP contribution in [0.2, 0.25) is 0 Å². The molecule has 4 rings (SSSR count). The molecule has 2 aliphatic carbocycles. The van der Waals surface area contributed by atoms with Crippen molar-refractivity contribution < 1.29 is 4.79 Å². The maximum absolute atomic E-state index is 12.9. The van der Waals surface area contributed by atoms with Gasteiger partial charge in [-0.15, -0.1) is 5.10 Å². The van der Waals surface area contributed by atoms with Gasteiger partial charge in [-0.3, -0.25) is 4.79 Å². The van der Waals surface area contributed by atoms with Gasteiger partial charge in [0.15, 0.2) is 0 Å². The fraction of sp³-hybridized carbons (Fsp3) is 0.500. The van der Waals surface area contributed by atoms with Gasteiger partial charge in [0.1, 0.15) is 5.69 Å². The standard InChI is InChI=1S/C18H22N4O/c1-12-5-3-4-6-16(12)13-9-15(10-13)22(14-7-8-14)18(23)17-11-19-20-21(17)2/h3-6,11,13-15H,7-10H2,1-2H3. The quantitative estimate of drug-likeness (QED) is 0.872. The van der Waals surface area contributed by atoms with Crippen LogP contribution >= 0.6 is 0 Å². The number of rotatable bonds is 4. The van der Waals surface area contributed by atoms with Crippen LogP contribution in [0.1, 0.15) is 53.2 Å². The number of benzene rings is 1. The summed E-state index contributed by atoms with van der Waals surface area (Å²) in [5.41, 5.74) is 3.39. The van der Waals surface area contributed by atoms with E-state index in [-0.39, 0.29) is 5.91 Å². The Morgan fingerprint density at radius 2 is 1.96 bits per heavy atom. The Morgan fingerprint density at radius 1 is 1.22 bits per heavy atom. The molecule has 1 aromatic heterocycles. The normalized spacial score (nSPS) is 23.4. The summed E-state index contributed by atoms with van der Waals surface area (Å²) < 4.78 is 1.58. The van der Waals surface area contributed by atoms with Crippen molar-refractivity contribution in [3.8, 4) is 0 Å². The molecule has 0 spiro atoms. The Balaban J connectivity index is 1.50. The first-order chi connectivity index (χ1) is 11.1. The first kappa shape index (κ1) is 14.4. The first-order valence-corrected chi connectivity index (χ1v) is 8.38. The highest BCUT2D eigenvalue weighted by atomic mass is 16.2. The van der Waals surface area contributed by atoms with Crippen molar-refractivity contribution in [2.45, 2.75) is 50.6 Å². The van der Waals surface area contributed by atoms with Gasteiger partial charge >= 0.3 is 0 Å². The van der Waals surface area contributed by atoms with Crippen LogP contribution in [0.25, 0.3) is 0 Å². The molecule has 0 atom stereocenters. The Labute approximate surface area is 136 Å². The van der Waals surface area contributed by atoms with E-state index in [1.807, 2.05) is 0 Å². The van der Waals surface area contributed by atoms with Crippen molar-refractivity contribution in [1.29, 1.82) is 0 Å². The lowest BCUT2D eigenvalue weighted by molar-refractivity contribution is 0.0505. The van der Waals surface area contributed by atoms with Gasteiger partial charge in [-0.25, -0.2) is 4.68 Å². The Kier molecular flexibility index (Phi) is 3.43. The number of carbonyl (C=O) groups is 1. The van der Waals surface area contributed by atoms with Crippen molar-refractivity contribution in [2.75, 3.05) is 0 Å². The molecule has 5 nitrogen and oxygen atoms in total. The van der Waals surface area contributed by atoms with E-state index in [9.17, 15) is 4.79 Å². The van der Waals surface area contributed by atoms with E-state index in [1.165, 1.54) is 11.1 Å². The Morgan fingerprint density at radius 3 is 2.57 bits per heavy atom. The lowest BCUT2D eigenvalue weighted by atomic mass is 9.73. The molecule has 5 heteroatoms. The third kappa shape index (κ3) is 2.54. The summed E-state index contributed by atoms with van der Waals surface area (Å²) in [7, 11) is 1.78. The number of nitrogens with zero attached hydrogens (tertiary/aromatic N) is 4. The van der Waals surface area contributed by atoms with E-state index < -0.39 is 0 Å². The zero-order valence-electron chi connectivity index (χ0n) is 13.6. The Hall–Kier alpha value is -2.17. The molecule has 23 heavy (non-hydrogen) atoms. The minimum Gasteiger partial charge on any atom is -0.331 e. The number of aryl methyl sites for hydroxylation is 2. The lowest BCUT2D eigenvalue weighted by Gasteiger charge is -2.43. The molecule has 1 amide bonds. The predicted molar refractivity (Wildman–Crippen MR) is 87.1 cm³/mol.